The Morgan fingerprint density at radius 1 is 1.16 bits per heavy atom. The first-order chi connectivity index (χ1) is 17.5. The molecule has 0 unspecified atom stereocenters. The van der Waals surface area contributed by atoms with Gasteiger partial charge in [0.1, 0.15) is 11.6 Å². The number of ether oxygens (including phenoxy) is 1. The Labute approximate surface area is 212 Å². The standard InChI is InChI=1S/C24H26F2N6O4S/c1-14(2)36-20-11-8-15(13-28-20)17-10-9-16(23(29-17)32-12-4-5-18(32)22(25)26)24(33)31-37(34,35)21-7-3-6-19(27)30-21/h3,6-11,13-14,18,22H,4-5,12H2,1-2H3,(H2,27,30)(H,31,33)/t18-/m1/s1. The van der Waals surface area contributed by atoms with E-state index in [9.17, 15) is 22.0 Å². The van der Waals surface area contributed by atoms with Crippen molar-refractivity contribution < 1.29 is 26.7 Å². The van der Waals surface area contributed by atoms with Crippen molar-refractivity contribution in [1.29, 1.82) is 0 Å². The van der Waals surface area contributed by atoms with Crippen LogP contribution in [0.2, 0.25) is 0 Å². The molecule has 13 heteroatoms. The van der Waals surface area contributed by atoms with Crippen molar-refractivity contribution in [2.45, 2.75) is 50.3 Å². The number of anilines is 2. The molecule has 4 rings (SSSR count). The fraction of sp³-hybridized carbons (Fsp3) is 0.333. The number of nitrogen functional groups attached to an aromatic ring is 1. The maximum absolute atomic E-state index is 13.8. The summed E-state index contributed by atoms with van der Waals surface area (Å²) < 4.78 is 60.6. The number of aromatic nitrogens is 3. The lowest BCUT2D eigenvalue weighted by atomic mass is 10.1. The summed E-state index contributed by atoms with van der Waals surface area (Å²) in [5, 5.41) is -0.451. The summed E-state index contributed by atoms with van der Waals surface area (Å²) in [7, 11) is -4.39. The van der Waals surface area contributed by atoms with Gasteiger partial charge in [0, 0.05) is 24.4 Å². The van der Waals surface area contributed by atoms with Crippen molar-refractivity contribution in [1.82, 2.24) is 19.7 Å². The van der Waals surface area contributed by atoms with Crippen LogP contribution in [0.5, 0.6) is 5.88 Å². The zero-order valence-electron chi connectivity index (χ0n) is 20.1. The molecule has 3 aromatic rings. The number of amides is 1. The van der Waals surface area contributed by atoms with E-state index in [0.29, 0.717) is 23.6 Å². The Morgan fingerprint density at radius 2 is 1.95 bits per heavy atom. The molecule has 1 aliphatic rings. The topological polar surface area (TPSA) is 140 Å². The average molecular weight is 533 g/mol. The smallest absolute Gasteiger partial charge is 0.281 e. The van der Waals surface area contributed by atoms with Crippen LogP contribution >= 0.6 is 0 Å². The lowest BCUT2D eigenvalue weighted by Gasteiger charge is -2.27. The van der Waals surface area contributed by atoms with E-state index in [4.69, 9.17) is 10.5 Å². The van der Waals surface area contributed by atoms with E-state index in [1.807, 2.05) is 18.6 Å². The van der Waals surface area contributed by atoms with Gasteiger partial charge in [-0.15, -0.1) is 0 Å². The van der Waals surface area contributed by atoms with Crippen molar-refractivity contribution in [3.05, 3.63) is 54.2 Å². The summed E-state index contributed by atoms with van der Waals surface area (Å²) in [5.74, 6) is -0.710. The Kier molecular flexibility index (Phi) is 7.52. The second-order valence-electron chi connectivity index (χ2n) is 8.69. The van der Waals surface area contributed by atoms with Gasteiger partial charge in [0.2, 0.25) is 5.88 Å². The number of alkyl halides is 2. The van der Waals surface area contributed by atoms with Gasteiger partial charge in [-0.25, -0.2) is 28.5 Å². The average Bonchev–Trinajstić information content (AvgIpc) is 3.34. The highest BCUT2D eigenvalue weighted by Crippen LogP contribution is 2.32. The molecule has 0 aromatic carbocycles. The molecular formula is C24H26F2N6O4S. The van der Waals surface area contributed by atoms with E-state index in [-0.39, 0.29) is 36.3 Å². The largest absolute Gasteiger partial charge is 0.475 e. The van der Waals surface area contributed by atoms with Gasteiger partial charge >= 0.3 is 0 Å². The Bertz CT molecular complexity index is 1390. The summed E-state index contributed by atoms with van der Waals surface area (Å²) in [6.45, 7) is 3.96. The van der Waals surface area contributed by atoms with Gasteiger partial charge in [0.25, 0.3) is 22.4 Å². The number of hydrogen-bond donors (Lipinski definition) is 2. The molecule has 10 nitrogen and oxygen atoms in total. The monoisotopic (exact) mass is 532 g/mol. The molecular weight excluding hydrogens is 506 g/mol. The highest BCUT2D eigenvalue weighted by Gasteiger charge is 2.36. The second-order valence-corrected chi connectivity index (χ2v) is 10.3. The van der Waals surface area contributed by atoms with Crippen LogP contribution in [0.4, 0.5) is 20.4 Å². The molecule has 0 saturated carbocycles. The summed E-state index contributed by atoms with van der Waals surface area (Å²) >= 11 is 0. The molecule has 1 atom stereocenters. The van der Waals surface area contributed by atoms with Crippen LogP contribution in [-0.2, 0) is 10.0 Å². The molecule has 1 aliphatic heterocycles. The minimum absolute atomic E-state index is 0.0442. The van der Waals surface area contributed by atoms with E-state index >= 15 is 0 Å². The van der Waals surface area contributed by atoms with Crippen LogP contribution in [0, 0.1) is 0 Å². The van der Waals surface area contributed by atoms with Gasteiger partial charge in [-0.05, 0) is 57.0 Å². The molecule has 0 aliphatic carbocycles. The molecule has 196 valence electrons. The molecule has 3 aromatic heterocycles. The zero-order chi connectivity index (χ0) is 26.7. The highest BCUT2D eigenvalue weighted by molar-refractivity contribution is 7.90. The number of carbonyl (C=O) groups excluding carboxylic acids is 1. The van der Waals surface area contributed by atoms with Crippen LogP contribution in [0.3, 0.4) is 0 Å². The zero-order valence-corrected chi connectivity index (χ0v) is 21.0. The van der Waals surface area contributed by atoms with Crippen LogP contribution in [-0.4, -0.2) is 54.4 Å². The predicted octanol–water partition coefficient (Wildman–Crippen LogP) is 3.26. The number of nitrogens with one attached hydrogen (secondary N) is 1. The minimum atomic E-state index is -4.39. The van der Waals surface area contributed by atoms with Crippen molar-refractivity contribution in [2.24, 2.45) is 0 Å². The van der Waals surface area contributed by atoms with Crippen LogP contribution in [0.25, 0.3) is 11.3 Å². The Morgan fingerprint density at radius 3 is 2.59 bits per heavy atom. The third-order valence-electron chi connectivity index (χ3n) is 5.62. The fourth-order valence-electron chi connectivity index (χ4n) is 3.98. The lowest BCUT2D eigenvalue weighted by molar-refractivity contribution is 0.0978. The normalized spacial score (nSPS) is 15.8. The fourth-order valence-corrected chi connectivity index (χ4v) is 4.92. The van der Waals surface area contributed by atoms with E-state index in [1.165, 1.54) is 41.4 Å². The van der Waals surface area contributed by atoms with Gasteiger partial charge in [-0.1, -0.05) is 6.07 Å². The maximum Gasteiger partial charge on any atom is 0.281 e. The van der Waals surface area contributed by atoms with Crippen molar-refractivity contribution in [2.75, 3.05) is 17.2 Å². The van der Waals surface area contributed by atoms with E-state index in [2.05, 4.69) is 15.0 Å². The first-order valence-electron chi connectivity index (χ1n) is 11.5. The summed E-state index contributed by atoms with van der Waals surface area (Å²) in [4.78, 5) is 27.0. The Hall–Kier alpha value is -3.87. The Balaban J connectivity index is 1.72. The molecule has 1 fully saturated rings. The molecule has 3 N–H and O–H groups in total. The number of pyridine rings is 3. The highest BCUT2D eigenvalue weighted by atomic mass is 32.2. The van der Waals surface area contributed by atoms with Crippen molar-refractivity contribution >= 4 is 27.6 Å². The number of nitrogens with two attached hydrogens (primary N) is 1. The molecule has 4 heterocycles. The van der Waals surface area contributed by atoms with Gasteiger partial charge in [0.05, 0.1) is 23.4 Å². The third kappa shape index (κ3) is 5.93. The van der Waals surface area contributed by atoms with Crippen molar-refractivity contribution in [3.63, 3.8) is 0 Å². The maximum atomic E-state index is 13.8. The molecule has 0 bridgehead atoms. The van der Waals surface area contributed by atoms with Crippen LogP contribution in [0.15, 0.2) is 53.7 Å². The van der Waals surface area contributed by atoms with Crippen LogP contribution < -0.4 is 20.1 Å². The van der Waals surface area contributed by atoms with E-state index < -0.39 is 33.4 Å². The first-order valence-corrected chi connectivity index (χ1v) is 13.0. The molecule has 0 radical (unpaired) electrons. The van der Waals surface area contributed by atoms with Crippen LogP contribution in [0.1, 0.15) is 37.0 Å². The summed E-state index contributed by atoms with van der Waals surface area (Å²) in [6.07, 6.45) is -0.553. The number of carbonyl (C=O) groups is 1. The molecule has 1 saturated heterocycles. The number of sulfonamides is 1. The van der Waals surface area contributed by atoms with Crippen molar-refractivity contribution in [3.8, 4) is 17.1 Å². The van der Waals surface area contributed by atoms with Gasteiger partial charge in [-0.2, -0.15) is 8.42 Å². The predicted molar refractivity (Wildman–Crippen MR) is 133 cm³/mol. The SMILES string of the molecule is CC(C)Oc1ccc(-c2ccc(C(=O)NS(=O)(=O)c3cccc(N)n3)c(N3CCC[C@@H]3C(F)F)n2)cn1. The van der Waals surface area contributed by atoms with E-state index in [0.717, 1.165) is 0 Å². The summed E-state index contributed by atoms with van der Waals surface area (Å²) in [6, 6.07) is 9.01. The quantitative estimate of drug-likeness (QED) is 0.447. The second kappa shape index (κ2) is 10.6. The van der Waals surface area contributed by atoms with Gasteiger partial charge < -0.3 is 15.4 Å². The van der Waals surface area contributed by atoms with Gasteiger partial charge in [0.15, 0.2) is 5.03 Å². The number of rotatable bonds is 8. The minimum Gasteiger partial charge on any atom is -0.475 e. The van der Waals surface area contributed by atoms with Gasteiger partial charge in [-0.3, -0.25) is 4.79 Å². The molecule has 37 heavy (non-hydrogen) atoms. The van der Waals surface area contributed by atoms with E-state index in [1.54, 1.807) is 12.1 Å². The molecule has 0 spiro atoms. The third-order valence-corrected chi connectivity index (χ3v) is 6.85. The number of hydrogen-bond acceptors (Lipinski definition) is 9. The first kappa shape index (κ1) is 26.2. The molecule has 1 amide bonds. The number of nitrogens with zero attached hydrogens (tertiary/aromatic N) is 4. The summed E-state index contributed by atoms with van der Waals surface area (Å²) in [5.41, 5.74) is 6.33. The lowest BCUT2D eigenvalue weighted by Crippen LogP contribution is -2.38. The number of halogens is 2.